The van der Waals surface area contributed by atoms with Crippen molar-refractivity contribution in [2.75, 3.05) is 12.4 Å². The molecule has 0 unspecified atom stereocenters. The number of ether oxygens (including phenoxy) is 1. The van der Waals surface area contributed by atoms with Gasteiger partial charge in [-0.25, -0.2) is 0 Å². The molecule has 2 aromatic rings. The number of rotatable bonds is 5. The zero-order valence-corrected chi connectivity index (χ0v) is 12.6. The van der Waals surface area contributed by atoms with Crippen molar-refractivity contribution in [3.63, 3.8) is 0 Å². The van der Waals surface area contributed by atoms with Crippen molar-refractivity contribution in [2.24, 2.45) is 5.73 Å². The number of amides is 1. The van der Waals surface area contributed by atoms with Gasteiger partial charge in [-0.3, -0.25) is 4.79 Å². The summed E-state index contributed by atoms with van der Waals surface area (Å²) in [6.07, 6.45) is 0. The summed E-state index contributed by atoms with van der Waals surface area (Å²) in [5.74, 6) is 0.432. The topological polar surface area (TPSA) is 64.3 Å². The molecule has 0 fully saturated rings. The van der Waals surface area contributed by atoms with E-state index in [0.29, 0.717) is 12.1 Å². The standard InChI is InChI=1S/C17H20N2O2/c1-11-7-8-16(21-3)13(9-11)10-19-15-6-4-5-14(12(15)2)17(18)20/h4-9,19H,10H2,1-3H3,(H2,18,20). The molecule has 0 saturated carbocycles. The summed E-state index contributed by atoms with van der Waals surface area (Å²) in [7, 11) is 1.66. The summed E-state index contributed by atoms with van der Waals surface area (Å²) in [6, 6.07) is 11.5. The van der Waals surface area contributed by atoms with E-state index in [-0.39, 0.29) is 0 Å². The first-order valence-corrected chi connectivity index (χ1v) is 6.79. The van der Waals surface area contributed by atoms with Crippen molar-refractivity contribution in [1.82, 2.24) is 0 Å². The lowest BCUT2D eigenvalue weighted by molar-refractivity contribution is 0.1000. The normalized spacial score (nSPS) is 10.2. The SMILES string of the molecule is COc1ccc(C)cc1CNc1cccc(C(N)=O)c1C. The predicted octanol–water partition coefficient (Wildman–Crippen LogP) is 3.02. The number of nitrogens with one attached hydrogen (secondary N) is 1. The molecule has 3 N–H and O–H groups in total. The molecule has 0 aliphatic carbocycles. The second-order valence-electron chi connectivity index (χ2n) is 5.01. The molecule has 21 heavy (non-hydrogen) atoms. The molecule has 0 heterocycles. The minimum atomic E-state index is -0.413. The Kier molecular flexibility index (Phi) is 4.48. The van der Waals surface area contributed by atoms with E-state index in [1.54, 1.807) is 13.2 Å². The van der Waals surface area contributed by atoms with E-state index < -0.39 is 5.91 Å². The van der Waals surface area contributed by atoms with Crippen LogP contribution in [0.1, 0.15) is 27.0 Å². The van der Waals surface area contributed by atoms with E-state index in [4.69, 9.17) is 10.5 Å². The molecule has 0 atom stereocenters. The average Bonchev–Trinajstić information content (AvgIpc) is 2.46. The third-order valence-electron chi connectivity index (χ3n) is 3.50. The van der Waals surface area contributed by atoms with Crippen LogP contribution in [-0.4, -0.2) is 13.0 Å². The predicted molar refractivity (Wildman–Crippen MR) is 84.8 cm³/mol. The van der Waals surface area contributed by atoms with Crippen LogP contribution in [-0.2, 0) is 6.54 Å². The van der Waals surface area contributed by atoms with Crippen molar-refractivity contribution < 1.29 is 9.53 Å². The number of carbonyl (C=O) groups is 1. The molecule has 0 bridgehead atoms. The molecule has 0 aromatic heterocycles. The van der Waals surface area contributed by atoms with E-state index in [1.807, 2.05) is 38.1 Å². The number of carbonyl (C=O) groups excluding carboxylic acids is 1. The van der Waals surface area contributed by atoms with Gasteiger partial charge in [-0.2, -0.15) is 0 Å². The van der Waals surface area contributed by atoms with Crippen molar-refractivity contribution in [3.8, 4) is 5.75 Å². The van der Waals surface area contributed by atoms with E-state index in [0.717, 1.165) is 22.6 Å². The first-order chi connectivity index (χ1) is 10.0. The van der Waals surface area contributed by atoms with Gasteiger partial charge < -0.3 is 15.8 Å². The van der Waals surface area contributed by atoms with Gasteiger partial charge in [0.1, 0.15) is 5.75 Å². The zero-order chi connectivity index (χ0) is 15.4. The second kappa shape index (κ2) is 6.31. The Morgan fingerprint density at radius 3 is 2.67 bits per heavy atom. The van der Waals surface area contributed by atoms with Gasteiger partial charge in [-0.1, -0.05) is 23.8 Å². The maximum Gasteiger partial charge on any atom is 0.249 e. The molecule has 1 amide bonds. The van der Waals surface area contributed by atoms with Gasteiger partial charge >= 0.3 is 0 Å². The highest BCUT2D eigenvalue weighted by Crippen LogP contribution is 2.23. The monoisotopic (exact) mass is 284 g/mol. The number of benzene rings is 2. The quantitative estimate of drug-likeness (QED) is 0.887. The Morgan fingerprint density at radius 1 is 1.24 bits per heavy atom. The Morgan fingerprint density at radius 2 is 2.00 bits per heavy atom. The zero-order valence-electron chi connectivity index (χ0n) is 12.6. The Bertz CT molecular complexity index is 666. The number of aryl methyl sites for hydroxylation is 1. The van der Waals surface area contributed by atoms with Gasteiger partial charge in [0.2, 0.25) is 5.91 Å². The molecule has 2 aromatic carbocycles. The molecular formula is C17H20N2O2. The van der Waals surface area contributed by atoms with Crippen LogP contribution < -0.4 is 15.8 Å². The molecule has 110 valence electrons. The third kappa shape index (κ3) is 3.34. The van der Waals surface area contributed by atoms with Crippen LogP contribution in [0.5, 0.6) is 5.75 Å². The third-order valence-corrected chi connectivity index (χ3v) is 3.50. The lowest BCUT2D eigenvalue weighted by Crippen LogP contribution is -2.14. The number of hydrogen-bond donors (Lipinski definition) is 2. The van der Waals surface area contributed by atoms with Gasteiger partial charge in [0.05, 0.1) is 7.11 Å². The molecule has 4 nitrogen and oxygen atoms in total. The van der Waals surface area contributed by atoms with Gasteiger partial charge in [0, 0.05) is 23.4 Å². The number of nitrogens with two attached hydrogens (primary N) is 1. The second-order valence-corrected chi connectivity index (χ2v) is 5.01. The molecule has 0 spiro atoms. The largest absolute Gasteiger partial charge is 0.496 e. The van der Waals surface area contributed by atoms with Crippen LogP contribution >= 0.6 is 0 Å². The van der Waals surface area contributed by atoms with Crippen molar-refractivity contribution >= 4 is 11.6 Å². The number of methoxy groups -OCH3 is 1. The molecular weight excluding hydrogens is 264 g/mol. The van der Waals surface area contributed by atoms with E-state index in [2.05, 4.69) is 11.4 Å². The van der Waals surface area contributed by atoms with Crippen molar-refractivity contribution in [1.29, 1.82) is 0 Å². The highest BCUT2D eigenvalue weighted by Gasteiger charge is 2.09. The van der Waals surface area contributed by atoms with E-state index in [1.165, 1.54) is 5.56 Å². The lowest BCUT2D eigenvalue weighted by Gasteiger charge is -2.14. The minimum absolute atomic E-state index is 0.413. The van der Waals surface area contributed by atoms with Gasteiger partial charge in [0.15, 0.2) is 0 Å². The highest BCUT2D eigenvalue weighted by molar-refractivity contribution is 5.95. The van der Waals surface area contributed by atoms with Gasteiger partial charge in [-0.15, -0.1) is 0 Å². The Balaban J connectivity index is 2.23. The summed E-state index contributed by atoms with van der Waals surface area (Å²) in [4.78, 5) is 11.4. The molecule has 0 radical (unpaired) electrons. The number of hydrogen-bond acceptors (Lipinski definition) is 3. The summed E-state index contributed by atoms with van der Waals surface area (Å²) < 4.78 is 5.37. The Hall–Kier alpha value is -2.49. The van der Waals surface area contributed by atoms with Crippen molar-refractivity contribution in [3.05, 3.63) is 58.7 Å². The van der Waals surface area contributed by atoms with E-state index in [9.17, 15) is 4.79 Å². The summed E-state index contributed by atoms with van der Waals surface area (Å²) in [6.45, 7) is 4.55. The fourth-order valence-electron chi connectivity index (χ4n) is 2.33. The fraction of sp³-hybridized carbons (Fsp3) is 0.235. The average molecular weight is 284 g/mol. The minimum Gasteiger partial charge on any atom is -0.496 e. The van der Waals surface area contributed by atoms with E-state index >= 15 is 0 Å². The van der Waals surface area contributed by atoms with Crippen LogP contribution in [0.4, 0.5) is 5.69 Å². The summed E-state index contributed by atoms with van der Waals surface area (Å²) in [5.41, 5.74) is 9.91. The highest BCUT2D eigenvalue weighted by atomic mass is 16.5. The molecule has 0 aliphatic heterocycles. The van der Waals surface area contributed by atoms with Crippen LogP contribution in [0, 0.1) is 13.8 Å². The lowest BCUT2D eigenvalue weighted by atomic mass is 10.1. The van der Waals surface area contributed by atoms with Gasteiger partial charge in [0.25, 0.3) is 0 Å². The summed E-state index contributed by atoms with van der Waals surface area (Å²) >= 11 is 0. The van der Waals surface area contributed by atoms with Crippen LogP contribution in [0.15, 0.2) is 36.4 Å². The number of anilines is 1. The number of primary amides is 1. The van der Waals surface area contributed by atoms with Crippen LogP contribution in [0.2, 0.25) is 0 Å². The first kappa shape index (κ1) is 14.9. The Labute approximate surface area is 124 Å². The molecule has 0 saturated heterocycles. The van der Waals surface area contributed by atoms with Crippen LogP contribution in [0.3, 0.4) is 0 Å². The van der Waals surface area contributed by atoms with Gasteiger partial charge in [-0.05, 0) is 37.6 Å². The fourth-order valence-corrected chi connectivity index (χ4v) is 2.33. The maximum atomic E-state index is 11.4. The molecule has 0 aliphatic rings. The summed E-state index contributed by atoms with van der Waals surface area (Å²) in [5, 5.41) is 3.34. The molecule has 4 heteroatoms. The first-order valence-electron chi connectivity index (χ1n) is 6.79. The van der Waals surface area contributed by atoms with Crippen molar-refractivity contribution in [2.45, 2.75) is 20.4 Å². The molecule has 2 rings (SSSR count). The maximum absolute atomic E-state index is 11.4. The van der Waals surface area contributed by atoms with Crippen LogP contribution in [0.25, 0.3) is 0 Å². The smallest absolute Gasteiger partial charge is 0.249 e.